The summed E-state index contributed by atoms with van der Waals surface area (Å²) in [7, 11) is 0. The minimum atomic E-state index is -0.652. The van der Waals surface area contributed by atoms with Crippen LogP contribution in [0.1, 0.15) is 22.3 Å². The van der Waals surface area contributed by atoms with E-state index < -0.39 is 5.95 Å². The standard InChI is InChI=1S/C13H12ClFN2OS/c1-2-17(8-9-6-7-11(14)19-9)13(18)10-4-3-5-12(15)16-10/h3-7H,2,8H2,1H3. The molecule has 100 valence electrons. The van der Waals surface area contributed by atoms with Gasteiger partial charge in [0.05, 0.1) is 10.9 Å². The maximum absolute atomic E-state index is 13.0. The van der Waals surface area contributed by atoms with E-state index in [2.05, 4.69) is 4.98 Å². The van der Waals surface area contributed by atoms with Gasteiger partial charge in [-0.25, -0.2) is 4.98 Å². The van der Waals surface area contributed by atoms with E-state index in [4.69, 9.17) is 11.6 Å². The summed E-state index contributed by atoms with van der Waals surface area (Å²) >= 11 is 7.28. The van der Waals surface area contributed by atoms with Gasteiger partial charge in [-0.3, -0.25) is 4.79 Å². The summed E-state index contributed by atoms with van der Waals surface area (Å²) in [6, 6.07) is 7.87. The molecule has 0 fully saturated rings. The first kappa shape index (κ1) is 14.0. The first-order valence-corrected chi connectivity index (χ1v) is 6.95. The molecule has 0 saturated carbocycles. The number of hydrogen-bond donors (Lipinski definition) is 0. The van der Waals surface area contributed by atoms with E-state index in [0.29, 0.717) is 17.4 Å². The summed E-state index contributed by atoms with van der Waals surface area (Å²) < 4.78 is 13.7. The van der Waals surface area contributed by atoms with Crippen LogP contribution in [0.25, 0.3) is 0 Å². The number of halogens is 2. The van der Waals surface area contributed by atoms with Gasteiger partial charge in [-0.2, -0.15) is 4.39 Å². The fraction of sp³-hybridized carbons (Fsp3) is 0.231. The van der Waals surface area contributed by atoms with Crippen molar-refractivity contribution in [3.63, 3.8) is 0 Å². The lowest BCUT2D eigenvalue weighted by Crippen LogP contribution is -2.30. The minimum Gasteiger partial charge on any atom is -0.332 e. The third-order valence-electron chi connectivity index (χ3n) is 2.58. The highest BCUT2D eigenvalue weighted by Crippen LogP contribution is 2.23. The van der Waals surface area contributed by atoms with Gasteiger partial charge in [-0.15, -0.1) is 11.3 Å². The van der Waals surface area contributed by atoms with Crippen LogP contribution in [0.3, 0.4) is 0 Å². The molecule has 6 heteroatoms. The van der Waals surface area contributed by atoms with Crippen molar-refractivity contribution in [3.05, 3.63) is 51.2 Å². The summed E-state index contributed by atoms with van der Waals surface area (Å²) in [6.07, 6.45) is 0. The summed E-state index contributed by atoms with van der Waals surface area (Å²) in [4.78, 5) is 18.4. The largest absolute Gasteiger partial charge is 0.332 e. The molecule has 0 radical (unpaired) electrons. The van der Waals surface area contributed by atoms with Crippen molar-refractivity contribution in [1.82, 2.24) is 9.88 Å². The molecule has 19 heavy (non-hydrogen) atoms. The number of carbonyl (C=O) groups excluding carboxylic acids is 1. The SMILES string of the molecule is CCN(Cc1ccc(Cl)s1)C(=O)c1cccc(F)n1. The molecule has 0 N–H and O–H groups in total. The zero-order valence-electron chi connectivity index (χ0n) is 10.3. The van der Waals surface area contributed by atoms with Crippen LogP contribution in [0, 0.1) is 5.95 Å². The molecule has 2 heterocycles. The van der Waals surface area contributed by atoms with Crippen LogP contribution >= 0.6 is 22.9 Å². The molecule has 0 bridgehead atoms. The van der Waals surface area contributed by atoms with E-state index in [1.54, 1.807) is 11.0 Å². The third-order valence-corrected chi connectivity index (χ3v) is 3.79. The Morgan fingerprint density at radius 1 is 1.42 bits per heavy atom. The Kier molecular flexibility index (Phi) is 4.50. The first-order chi connectivity index (χ1) is 9.10. The van der Waals surface area contributed by atoms with E-state index in [1.165, 1.54) is 29.5 Å². The fourth-order valence-electron chi connectivity index (χ4n) is 1.64. The number of thiophene rings is 1. The van der Waals surface area contributed by atoms with Crippen LogP contribution in [0.15, 0.2) is 30.3 Å². The molecule has 0 unspecified atom stereocenters. The molecule has 1 amide bonds. The Balaban J connectivity index is 2.15. The lowest BCUT2D eigenvalue weighted by Gasteiger charge is -2.19. The van der Waals surface area contributed by atoms with Crippen LogP contribution in [0.4, 0.5) is 4.39 Å². The van der Waals surface area contributed by atoms with Crippen LogP contribution < -0.4 is 0 Å². The Morgan fingerprint density at radius 2 is 2.21 bits per heavy atom. The number of rotatable bonds is 4. The van der Waals surface area contributed by atoms with Crippen LogP contribution in [-0.4, -0.2) is 22.3 Å². The van der Waals surface area contributed by atoms with Crippen molar-refractivity contribution in [2.24, 2.45) is 0 Å². The summed E-state index contributed by atoms with van der Waals surface area (Å²) in [6.45, 7) is 2.84. The van der Waals surface area contributed by atoms with Crippen LogP contribution in [-0.2, 0) is 6.54 Å². The molecule has 0 saturated heterocycles. The molecule has 0 aliphatic rings. The van der Waals surface area contributed by atoms with Crippen molar-refractivity contribution >= 4 is 28.8 Å². The summed E-state index contributed by atoms with van der Waals surface area (Å²) in [5.74, 6) is -0.937. The number of aromatic nitrogens is 1. The van der Waals surface area contributed by atoms with Gasteiger partial charge in [0.2, 0.25) is 5.95 Å². The molecule has 3 nitrogen and oxygen atoms in total. The Hall–Kier alpha value is -1.46. The van der Waals surface area contributed by atoms with E-state index >= 15 is 0 Å². The summed E-state index contributed by atoms with van der Waals surface area (Å²) in [5, 5.41) is 0. The number of hydrogen-bond acceptors (Lipinski definition) is 3. The topological polar surface area (TPSA) is 33.2 Å². The number of pyridine rings is 1. The highest BCUT2D eigenvalue weighted by molar-refractivity contribution is 7.16. The molecule has 0 aromatic carbocycles. The second-order valence-corrected chi connectivity index (χ2v) is 5.67. The quantitative estimate of drug-likeness (QED) is 0.808. The van der Waals surface area contributed by atoms with Gasteiger partial charge >= 0.3 is 0 Å². The normalized spacial score (nSPS) is 10.5. The molecule has 0 spiro atoms. The average molecular weight is 299 g/mol. The van der Waals surface area contributed by atoms with Crippen molar-refractivity contribution < 1.29 is 9.18 Å². The third kappa shape index (κ3) is 3.52. The van der Waals surface area contributed by atoms with E-state index in [-0.39, 0.29) is 11.6 Å². The zero-order valence-corrected chi connectivity index (χ0v) is 11.8. The summed E-state index contributed by atoms with van der Waals surface area (Å²) in [5.41, 5.74) is 0.115. The van der Waals surface area contributed by atoms with Gasteiger partial charge in [-0.05, 0) is 31.2 Å². The molecular weight excluding hydrogens is 287 g/mol. The maximum Gasteiger partial charge on any atom is 0.272 e. The Labute approximate surface area is 119 Å². The van der Waals surface area contributed by atoms with E-state index in [9.17, 15) is 9.18 Å². The number of carbonyl (C=O) groups is 1. The van der Waals surface area contributed by atoms with Gasteiger partial charge in [0.25, 0.3) is 5.91 Å². The van der Waals surface area contributed by atoms with Gasteiger partial charge in [0.1, 0.15) is 5.69 Å². The first-order valence-electron chi connectivity index (χ1n) is 5.76. The average Bonchev–Trinajstić information content (AvgIpc) is 2.81. The highest BCUT2D eigenvalue weighted by atomic mass is 35.5. The Morgan fingerprint density at radius 3 is 2.79 bits per heavy atom. The Bertz CT molecular complexity index is 588. The van der Waals surface area contributed by atoms with Gasteiger partial charge in [-0.1, -0.05) is 17.7 Å². The molecule has 0 aliphatic heterocycles. The van der Waals surface area contributed by atoms with Gasteiger partial charge in [0, 0.05) is 11.4 Å². The number of amides is 1. The zero-order chi connectivity index (χ0) is 13.8. The van der Waals surface area contributed by atoms with Gasteiger partial charge < -0.3 is 4.90 Å². The molecule has 2 aromatic heterocycles. The smallest absolute Gasteiger partial charge is 0.272 e. The van der Waals surface area contributed by atoms with Crippen LogP contribution in [0.5, 0.6) is 0 Å². The van der Waals surface area contributed by atoms with Crippen molar-refractivity contribution in [2.45, 2.75) is 13.5 Å². The number of nitrogens with zero attached hydrogens (tertiary/aromatic N) is 2. The fourth-order valence-corrected chi connectivity index (χ4v) is 2.74. The van der Waals surface area contributed by atoms with E-state index in [1.807, 2.05) is 13.0 Å². The molecule has 2 rings (SSSR count). The monoisotopic (exact) mass is 298 g/mol. The second kappa shape index (κ2) is 6.12. The van der Waals surface area contributed by atoms with Crippen molar-refractivity contribution in [1.29, 1.82) is 0 Å². The molecule has 0 atom stereocenters. The highest BCUT2D eigenvalue weighted by Gasteiger charge is 2.17. The van der Waals surface area contributed by atoms with Crippen molar-refractivity contribution in [2.75, 3.05) is 6.54 Å². The minimum absolute atomic E-state index is 0.115. The van der Waals surface area contributed by atoms with E-state index in [0.717, 1.165) is 4.88 Å². The molecule has 2 aromatic rings. The van der Waals surface area contributed by atoms with Crippen LogP contribution in [0.2, 0.25) is 4.34 Å². The predicted molar refractivity (Wildman–Crippen MR) is 73.9 cm³/mol. The van der Waals surface area contributed by atoms with Gasteiger partial charge in [0.15, 0.2) is 0 Å². The lowest BCUT2D eigenvalue weighted by atomic mass is 10.3. The predicted octanol–water partition coefficient (Wildman–Crippen LogP) is 3.60. The second-order valence-electron chi connectivity index (χ2n) is 3.87. The molecular formula is C13H12ClFN2OS. The van der Waals surface area contributed by atoms with Crippen molar-refractivity contribution in [3.8, 4) is 0 Å². The molecule has 0 aliphatic carbocycles. The maximum atomic E-state index is 13.0. The lowest BCUT2D eigenvalue weighted by molar-refractivity contribution is 0.0747.